The highest BCUT2D eigenvalue weighted by Gasteiger charge is 2.34. The number of amides is 1. The Balaban J connectivity index is 1.81. The van der Waals surface area contributed by atoms with Gasteiger partial charge in [-0.2, -0.15) is 5.10 Å². The number of hydrogen-bond donors (Lipinski definition) is 1. The quantitative estimate of drug-likeness (QED) is 0.936. The van der Waals surface area contributed by atoms with Crippen molar-refractivity contribution in [1.82, 2.24) is 15.1 Å². The summed E-state index contributed by atoms with van der Waals surface area (Å²) in [7, 11) is 0. The molecule has 2 unspecified atom stereocenters. The van der Waals surface area contributed by atoms with Crippen molar-refractivity contribution in [2.75, 3.05) is 0 Å². The highest BCUT2D eigenvalue weighted by Crippen LogP contribution is 2.38. The number of ether oxygens (including phenoxy) is 1. The zero-order valence-electron chi connectivity index (χ0n) is 14.3. The van der Waals surface area contributed by atoms with Crippen molar-refractivity contribution in [3.05, 3.63) is 47.0 Å². The number of fused-ring (bicyclic) bond motifs is 1. The molecule has 6 heteroatoms. The molecule has 1 N–H and O–H groups in total. The minimum atomic E-state index is -0.406. The number of nitrogens with one attached hydrogen (secondary N) is 1. The van der Waals surface area contributed by atoms with Gasteiger partial charge in [-0.1, -0.05) is 26.0 Å². The molecule has 0 saturated carbocycles. The Morgan fingerprint density at radius 2 is 2.21 bits per heavy atom. The average molecular weight is 331 g/mol. The normalized spacial score (nSPS) is 19.2. The van der Waals surface area contributed by atoms with Gasteiger partial charge in [-0.3, -0.25) is 9.48 Å². The molecule has 0 spiro atoms. The van der Waals surface area contributed by atoms with E-state index < -0.39 is 5.82 Å². The first-order chi connectivity index (χ1) is 11.4. The van der Waals surface area contributed by atoms with Crippen molar-refractivity contribution < 1.29 is 13.9 Å². The van der Waals surface area contributed by atoms with Gasteiger partial charge in [0, 0.05) is 17.8 Å². The first kappa shape index (κ1) is 16.5. The predicted molar refractivity (Wildman–Crippen MR) is 88.5 cm³/mol. The second-order valence-electron chi connectivity index (χ2n) is 6.65. The molecule has 3 rings (SSSR count). The molecule has 2 heterocycles. The zero-order chi connectivity index (χ0) is 17.4. The van der Waals surface area contributed by atoms with E-state index in [2.05, 4.69) is 24.3 Å². The smallest absolute Gasteiger partial charge is 0.255 e. The Morgan fingerprint density at radius 1 is 1.46 bits per heavy atom. The van der Waals surface area contributed by atoms with E-state index in [0.717, 1.165) is 12.2 Å². The molecule has 2 aromatic rings. The molecule has 128 valence electrons. The van der Waals surface area contributed by atoms with Crippen LogP contribution in [0.25, 0.3) is 0 Å². The Morgan fingerprint density at radius 3 is 2.92 bits per heavy atom. The standard InChI is InChI=1S/C18H22FN3O2/c1-10(2)9-22-11(3)14(8-20-22)18(23)21-16-12(4)24-17-13(16)6-5-7-15(17)19/h5-8,10,12,16H,9H2,1-4H3,(H,21,23). The second kappa shape index (κ2) is 6.26. The molecule has 0 bridgehead atoms. The maximum absolute atomic E-state index is 13.8. The number of halogens is 1. The number of carbonyl (C=O) groups excluding carboxylic acids is 1. The van der Waals surface area contributed by atoms with E-state index in [4.69, 9.17) is 4.74 Å². The van der Waals surface area contributed by atoms with Crippen LogP contribution in [0, 0.1) is 18.7 Å². The molecule has 0 aliphatic carbocycles. The van der Waals surface area contributed by atoms with E-state index in [1.54, 1.807) is 18.3 Å². The number of nitrogens with zero attached hydrogens (tertiary/aromatic N) is 2. The van der Waals surface area contributed by atoms with Crippen LogP contribution >= 0.6 is 0 Å². The van der Waals surface area contributed by atoms with Crippen molar-refractivity contribution in [1.29, 1.82) is 0 Å². The maximum Gasteiger partial charge on any atom is 0.255 e. The third kappa shape index (κ3) is 2.88. The first-order valence-electron chi connectivity index (χ1n) is 8.16. The summed E-state index contributed by atoms with van der Waals surface area (Å²) in [4.78, 5) is 12.6. The fourth-order valence-electron chi connectivity index (χ4n) is 3.02. The Hall–Kier alpha value is -2.37. The van der Waals surface area contributed by atoms with Gasteiger partial charge >= 0.3 is 0 Å². The molecule has 1 amide bonds. The number of para-hydroxylation sites is 1. The lowest BCUT2D eigenvalue weighted by atomic mass is 10.0. The monoisotopic (exact) mass is 331 g/mol. The molecule has 1 aliphatic heterocycles. The molecule has 2 atom stereocenters. The van der Waals surface area contributed by atoms with Crippen LogP contribution in [0.1, 0.15) is 48.4 Å². The van der Waals surface area contributed by atoms with Gasteiger partial charge < -0.3 is 10.1 Å². The number of carbonyl (C=O) groups is 1. The van der Waals surface area contributed by atoms with Crippen molar-refractivity contribution in [3.8, 4) is 5.75 Å². The van der Waals surface area contributed by atoms with Crippen LogP contribution in [-0.2, 0) is 6.54 Å². The summed E-state index contributed by atoms with van der Waals surface area (Å²) in [6, 6.07) is 4.38. The van der Waals surface area contributed by atoms with Gasteiger partial charge in [-0.15, -0.1) is 0 Å². The molecule has 1 aliphatic rings. The third-order valence-corrected chi connectivity index (χ3v) is 4.28. The van der Waals surface area contributed by atoms with E-state index in [0.29, 0.717) is 17.0 Å². The van der Waals surface area contributed by atoms with Crippen LogP contribution in [0.2, 0.25) is 0 Å². The van der Waals surface area contributed by atoms with Gasteiger partial charge in [0.1, 0.15) is 6.10 Å². The summed E-state index contributed by atoms with van der Waals surface area (Å²) in [5.41, 5.74) is 2.03. The summed E-state index contributed by atoms with van der Waals surface area (Å²) in [5.74, 6) is 0.0391. The van der Waals surface area contributed by atoms with Crippen molar-refractivity contribution in [3.63, 3.8) is 0 Å². The average Bonchev–Trinajstić information content (AvgIpc) is 3.02. The van der Waals surface area contributed by atoms with Gasteiger partial charge in [-0.05, 0) is 25.8 Å². The van der Waals surface area contributed by atoms with Crippen molar-refractivity contribution >= 4 is 5.91 Å². The molecule has 1 aromatic heterocycles. The lowest BCUT2D eigenvalue weighted by Gasteiger charge is -2.16. The minimum absolute atomic E-state index is 0.222. The molecule has 24 heavy (non-hydrogen) atoms. The molecule has 1 aromatic carbocycles. The van der Waals surface area contributed by atoms with Crippen LogP contribution in [0.15, 0.2) is 24.4 Å². The lowest BCUT2D eigenvalue weighted by molar-refractivity contribution is 0.0907. The van der Waals surface area contributed by atoms with E-state index in [9.17, 15) is 9.18 Å². The molecule has 0 saturated heterocycles. The van der Waals surface area contributed by atoms with E-state index in [-0.39, 0.29) is 23.8 Å². The highest BCUT2D eigenvalue weighted by molar-refractivity contribution is 5.95. The summed E-state index contributed by atoms with van der Waals surface area (Å²) < 4.78 is 21.2. The molecule has 0 fully saturated rings. The third-order valence-electron chi connectivity index (χ3n) is 4.28. The number of benzene rings is 1. The van der Waals surface area contributed by atoms with Crippen LogP contribution in [0.5, 0.6) is 5.75 Å². The van der Waals surface area contributed by atoms with Crippen molar-refractivity contribution in [2.24, 2.45) is 5.92 Å². The van der Waals surface area contributed by atoms with E-state index in [1.807, 2.05) is 18.5 Å². The largest absolute Gasteiger partial charge is 0.485 e. The van der Waals surface area contributed by atoms with Gasteiger partial charge in [0.2, 0.25) is 0 Å². The highest BCUT2D eigenvalue weighted by atomic mass is 19.1. The fourth-order valence-corrected chi connectivity index (χ4v) is 3.02. The van der Waals surface area contributed by atoms with Gasteiger partial charge in [-0.25, -0.2) is 4.39 Å². The van der Waals surface area contributed by atoms with Gasteiger partial charge in [0.25, 0.3) is 5.91 Å². The summed E-state index contributed by atoms with van der Waals surface area (Å²) in [5, 5.41) is 7.25. The second-order valence-corrected chi connectivity index (χ2v) is 6.65. The SMILES string of the molecule is Cc1c(C(=O)NC2c3cccc(F)c3OC2C)cnn1CC(C)C. The summed E-state index contributed by atoms with van der Waals surface area (Å²) in [6.45, 7) is 8.66. The summed E-state index contributed by atoms with van der Waals surface area (Å²) >= 11 is 0. The lowest BCUT2D eigenvalue weighted by Crippen LogP contribution is -2.34. The van der Waals surface area contributed by atoms with Crippen LogP contribution in [0.3, 0.4) is 0 Å². The van der Waals surface area contributed by atoms with Gasteiger partial charge in [0.15, 0.2) is 11.6 Å². The first-order valence-corrected chi connectivity index (χ1v) is 8.16. The van der Waals surface area contributed by atoms with Crippen LogP contribution in [-0.4, -0.2) is 21.8 Å². The Labute approximate surface area is 140 Å². The molecular weight excluding hydrogens is 309 g/mol. The van der Waals surface area contributed by atoms with Crippen molar-refractivity contribution in [2.45, 2.75) is 46.4 Å². The van der Waals surface area contributed by atoms with Gasteiger partial charge in [0.05, 0.1) is 17.8 Å². The van der Waals surface area contributed by atoms with E-state index in [1.165, 1.54) is 6.07 Å². The van der Waals surface area contributed by atoms with Crippen LogP contribution < -0.4 is 10.1 Å². The molecular formula is C18H22FN3O2. The van der Waals surface area contributed by atoms with E-state index >= 15 is 0 Å². The molecule has 0 radical (unpaired) electrons. The maximum atomic E-state index is 13.8. The predicted octanol–water partition coefficient (Wildman–Crippen LogP) is 3.24. The summed E-state index contributed by atoms with van der Waals surface area (Å²) in [6.07, 6.45) is 1.26. The van der Waals surface area contributed by atoms with Crippen LogP contribution in [0.4, 0.5) is 4.39 Å². The number of rotatable bonds is 4. The minimum Gasteiger partial charge on any atom is -0.485 e. The Kier molecular flexibility index (Phi) is 4.30. The number of hydrogen-bond acceptors (Lipinski definition) is 3. The zero-order valence-corrected chi connectivity index (χ0v) is 14.3. The Bertz CT molecular complexity index is 770. The number of aromatic nitrogens is 2. The topological polar surface area (TPSA) is 56.1 Å². The fraction of sp³-hybridized carbons (Fsp3) is 0.444. The molecule has 5 nitrogen and oxygen atoms in total.